The number of nitrogens with one attached hydrogen (secondary N) is 2. The molecule has 4 rings (SSSR count). The highest BCUT2D eigenvalue weighted by atomic mass is 35.5. The van der Waals surface area contributed by atoms with E-state index in [2.05, 4.69) is 15.6 Å². The number of benzene rings is 3. The number of amides is 2. The molecule has 0 saturated carbocycles. The van der Waals surface area contributed by atoms with E-state index in [1.54, 1.807) is 36.5 Å². The first kappa shape index (κ1) is 23.5. The highest BCUT2D eigenvalue weighted by Gasteiger charge is 2.15. The van der Waals surface area contributed by atoms with Gasteiger partial charge in [0.05, 0.1) is 21.3 Å². The number of anilines is 1. The van der Waals surface area contributed by atoms with Crippen LogP contribution in [0.25, 0.3) is 11.3 Å². The molecule has 0 radical (unpaired) electrons. The van der Waals surface area contributed by atoms with E-state index in [9.17, 15) is 9.59 Å². The Bertz CT molecular complexity index is 1310. The van der Waals surface area contributed by atoms with Crippen molar-refractivity contribution in [2.75, 3.05) is 11.9 Å². The Labute approximate surface area is 207 Å². The quantitative estimate of drug-likeness (QED) is 0.320. The lowest BCUT2D eigenvalue weighted by Crippen LogP contribution is -2.25. The van der Waals surface area contributed by atoms with Gasteiger partial charge in [-0.05, 0) is 60.5 Å². The van der Waals surface area contributed by atoms with E-state index in [4.69, 9.17) is 23.2 Å². The lowest BCUT2D eigenvalue weighted by molar-refractivity contribution is 0.0952. The van der Waals surface area contributed by atoms with E-state index >= 15 is 0 Å². The summed E-state index contributed by atoms with van der Waals surface area (Å²) in [5.41, 5.74) is 3.74. The molecule has 0 fully saturated rings. The minimum Gasteiger partial charge on any atom is -0.352 e. The number of hydrogen-bond donors (Lipinski definition) is 2. The maximum Gasteiger partial charge on any atom is 0.257 e. The topological polar surface area (TPSA) is 71.1 Å². The number of nitrogens with zero attached hydrogens (tertiary/aromatic N) is 1. The van der Waals surface area contributed by atoms with Crippen molar-refractivity contribution in [1.29, 1.82) is 0 Å². The monoisotopic (exact) mass is 489 g/mol. The summed E-state index contributed by atoms with van der Waals surface area (Å²) in [6.45, 7) is 0.498. The van der Waals surface area contributed by atoms with Crippen molar-refractivity contribution in [1.82, 2.24) is 10.3 Å². The largest absolute Gasteiger partial charge is 0.352 e. The van der Waals surface area contributed by atoms with Crippen LogP contribution in [0.1, 0.15) is 26.3 Å². The summed E-state index contributed by atoms with van der Waals surface area (Å²) in [7, 11) is 0. The summed E-state index contributed by atoms with van der Waals surface area (Å²) in [6.07, 6.45) is 2.40. The summed E-state index contributed by atoms with van der Waals surface area (Å²) >= 11 is 12.7. The van der Waals surface area contributed by atoms with Crippen molar-refractivity contribution in [3.63, 3.8) is 0 Å². The number of aromatic nitrogens is 1. The van der Waals surface area contributed by atoms with Gasteiger partial charge in [0.15, 0.2) is 0 Å². The lowest BCUT2D eigenvalue weighted by atomic mass is 10.1. The van der Waals surface area contributed by atoms with E-state index in [1.807, 2.05) is 48.5 Å². The third kappa shape index (κ3) is 5.81. The van der Waals surface area contributed by atoms with Gasteiger partial charge in [-0.25, -0.2) is 0 Å². The summed E-state index contributed by atoms with van der Waals surface area (Å²) in [5, 5.41) is 6.41. The zero-order valence-corrected chi connectivity index (χ0v) is 19.6. The molecule has 0 bridgehead atoms. The average molecular weight is 490 g/mol. The van der Waals surface area contributed by atoms with Gasteiger partial charge < -0.3 is 10.6 Å². The van der Waals surface area contributed by atoms with Gasteiger partial charge >= 0.3 is 0 Å². The third-order valence-electron chi connectivity index (χ3n) is 5.18. The molecule has 1 heterocycles. The Balaban J connectivity index is 1.42. The van der Waals surface area contributed by atoms with Crippen molar-refractivity contribution >= 4 is 40.7 Å². The van der Waals surface area contributed by atoms with Gasteiger partial charge in [0.1, 0.15) is 0 Å². The average Bonchev–Trinajstić information content (AvgIpc) is 2.86. The number of pyridine rings is 1. The molecule has 2 N–H and O–H groups in total. The van der Waals surface area contributed by atoms with Crippen LogP contribution in [-0.4, -0.2) is 23.3 Å². The highest BCUT2D eigenvalue weighted by molar-refractivity contribution is 6.35. The van der Waals surface area contributed by atoms with Gasteiger partial charge in [0.2, 0.25) is 0 Å². The number of carbonyl (C=O) groups excluding carboxylic acids is 2. The zero-order valence-electron chi connectivity index (χ0n) is 18.1. The van der Waals surface area contributed by atoms with Crippen LogP contribution in [-0.2, 0) is 6.42 Å². The van der Waals surface area contributed by atoms with Gasteiger partial charge in [-0.2, -0.15) is 0 Å². The van der Waals surface area contributed by atoms with Gasteiger partial charge in [-0.3, -0.25) is 14.6 Å². The van der Waals surface area contributed by atoms with Crippen LogP contribution in [0, 0.1) is 0 Å². The predicted octanol–water partition coefficient (Wildman–Crippen LogP) is 6.28. The number of carbonyl (C=O) groups is 2. The van der Waals surface area contributed by atoms with E-state index in [0.717, 1.165) is 12.0 Å². The van der Waals surface area contributed by atoms with Crippen molar-refractivity contribution in [3.8, 4) is 11.3 Å². The highest BCUT2D eigenvalue weighted by Crippen LogP contribution is 2.29. The van der Waals surface area contributed by atoms with Crippen LogP contribution in [0.4, 0.5) is 5.69 Å². The molecule has 0 unspecified atom stereocenters. The van der Waals surface area contributed by atoms with Gasteiger partial charge in [0.25, 0.3) is 11.8 Å². The minimum absolute atomic E-state index is 0.187. The molecule has 2 amide bonds. The number of halogens is 2. The zero-order chi connectivity index (χ0) is 23.9. The molecular formula is C27H21Cl2N3O2. The Hall–Kier alpha value is -3.67. The fraction of sp³-hybridized carbons (Fsp3) is 0.0741. The molecule has 0 saturated heterocycles. The van der Waals surface area contributed by atoms with Crippen LogP contribution in [0.5, 0.6) is 0 Å². The SMILES string of the molecule is O=C(NCCc1ccccc1)c1ccc(C(=O)Nc2ccc(Cl)c(-c3ccccn3)c2)c(Cl)c1. The fourth-order valence-corrected chi connectivity index (χ4v) is 3.91. The molecule has 4 aromatic rings. The third-order valence-corrected chi connectivity index (χ3v) is 5.83. The molecule has 0 spiro atoms. The molecule has 5 nitrogen and oxygen atoms in total. The van der Waals surface area contributed by atoms with E-state index in [1.165, 1.54) is 6.07 Å². The summed E-state index contributed by atoms with van der Waals surface area (Å²) in [6, 6.07) is 25.2. The molecule has 34 heavy (non-hydrogen) atoms. The molecule has 0 aliphatic rings. The van der Waals surface area contributed by atoms with Crippen LogP contribution in [0.3, 0.4) is 0 Å². The van der Waals surface area contributed by atoms with E-state index < -0.39 is 5.91 Å². The first-order valence-electron chi connectivity index (χ1n) is 10.7. The molecule has 7 heteroatoms. The van der Waals surface area contributed by atoms with Gasteiger partial charge in [0, 0.05) is 29.6 Å². The molecule has 0 atom stereocenters. The summed E-state index contributed by atoms with van der Waals surface area (Å²) in [4.78, 5) is 29.6. The number of rotatable bonds is 7. The Morgan fingerprint density at radius 1 is 0.794 bits per heavy atom. The molecule has 0 aliphatic heterocycles. The molecule has 170 valence electrons. The Morgan fingerprint density at radius 2 is 1.59 bits per heavy atom. The van der Waals surface area contributed by atoms with Crippen LogP contribution in [0.2, 0.25) is 10.0 Å². The fourth-order valence-electron chi connectivity index (χ4n) is 3.43. The predicted molar refractivity (Wildman–Crippen MR) is 137 cm³/mol. The lowest BCUT2D eigenvalue weighted by Gasteiger charge is -2.11. The van der Waals surface area contributed by atoms with Crippen LogP contribution >= 0.6 is 23.2 Å². The Kier molecular flexibility index (Phi) is 7.58. The van der Waals surface area contributed by atoms with Crippen molar-refractivity contribution in [3.05, 3.63) is 118 Å². The van der Waals surface area contributed by atoms with Crippen LogP contribution in [0.15, 0.2) is 91.1 Å². The normalized spacial score (nSPS) is 10.5. The molecule has 1 aromatic heterocycles. The summed E-state index contributed by atoms with van der Waals surface area (Å²) < 4.78 is 0. The van der Waals surface area contributed by atoms with E-state index in [-0.39, 0.29) is 16.5 Å². The van der Waals surface area contributed by atoms with Crippen molar-refractivity contribution in [2.24, 2.45) is 0 Å². The van der Waals surface area contributed by atoms with Gasteiger partial charge in [-0.1, -0.05) is 59.6 Å². The van der Waals surface area contributed by atoms with Crippen LogP contribution < -0.4 is 10.6 Å². The molecular weight excluding hydrogens is 469 g/mol. The second kappa shape index (κ2) is 11.0. The Morgan fingerprint density at radius 3 is 2.32 bits per heavy atom. The maximum atomic E-state index is 12.8. The second-order valence-electron chi connectivity index (χ2n) is 7.55. The van der Waals surface area contributed by atoms with Crippen molar-refractivity contribution in [2.45, 2.75) is 6.42 Å². The first-order valence-corrected chi connectivity index (χ1v) is 11.4. The molecule has 0 aliphatic carbocycles. The first-order chi connectivity index (χ1) is 16.5. The van der Waals surface area contributed by atoms with Crippen molar-refractivity contribution < 1.29 is 9.59 Å². The molecule has 3 aromatic carbocycles. The number of hydrogen-bond acceptors (Lipinski definition) is 3. The van der Waals surface area contributed by atoms with Gasteiger partial charge in [-0.15, -0.1) is 0 Å². The standard InChI is InChI=1S/C27H21Cl2N3O2/c28-23-12-10-20(17-22(23)25-8-4-5-14-30-25)32-27(34)21-11-9-19(16-24(21)29)26(33)31-15-13-18-6-2-1-3-7-18/h1-12,14,16-17H,13,15H2,(H,31,33)(H,32,34). The van der Waals surface area contributed by atoms with E-state index in [0.29, 0.717) is 34.1 Å². The maximum absolute atomic E-state index is 12.8. The smallest absolute Gasteiger partial charge is 0.257 e. The minimum atomic E-state index is -0.393. The second-order valence-corrected chi connectivity index (χ2v) is 8.36. The summed E-state index contributed by atoms with van der Waals surface area (Å²) in [5.74, 6) is -0.641.